The summed E-state index contributed by atoms with van der Waals surface area (Å²) in [5.41, 5.74) is 8.07. The van der Waals surface area contributed by atoms with Crippen molar-refractivity contribution < 1.29 is 13.5 Å². The van der Waals surface area contributed by atoms with Crippen molar-refractivity contribution in [2.75, 3.05) is 12.9 Å². The number of aliphatic hydroxyl groups excluding tert-OH is 1. The minimum atomic E-state index is -3.03. The van der Waals surface area contributed by atoms with E-state index in [4.69, 9.17) is 5.11 Å². The van der Waals surface area contributed by atoms with Gasteiger partial charge in [-0.25, -0.2) is 8.42 Å². The summed E-state index contributed by atoms with van der Waals surface area (Å²) in [5.74, 6) is 0. The van der Waals surface area contributed by atoms with E-state index in [9.17, 15) is 8.42 Å². The first-order valence-electron chi connectivity index (χ1n) is 12.7. The van der Waals surface area contributed by atoms with Gasteiger partial charge in [0.05, 0.1) is 11.5 Å². The molecule has 0 aliphatic carbocycles. The average Bonchev–Trinajstić information content (AvgIpc) is 2.86. The predicted molar refractivity (Wildman–Crippen MR) is 168 cm³/mol. The molecule has 0 fully saturated rings. The molecule has 204 valence electrons. The fourth-order valence-corrected chi connectivity index (χ4v) is 4.46. The Labute approximate surface area is 233 Å². The molecule has 0 amide bonds. The van der Waals surface area contributed by atoms with E-state index in [1.54, 1.807) is 30.3 Å². The number of hydrogen-bond acceptors (Lipinski definition) is 3. The van der Waals surface area contributed by atoms with E-state index >= 15 is 0 Å². The molecule has 0 radical (unpaired) electrons. The maximum Gasteiger partial charge on any atom is 0.175 e. The van der Waals surface area contributed by atoms with Gasteiger partial charge in [0.15, 0.2) is 9.84 Å². The molecule has 3 aromatic carbocycles. The van der Waals surface area contributed by atoms with Gasteiger partial charge in [0.25, 0.3) is 0 Å². The molecule has 1 unspecified atom stereocenters. The van der Waals surface area contributed by atoms with Crippen molar-refractivity contribution in [2.24, 2.45) is 0 Å². The van der Waals surface area contributed by atoms with Crippen LogP contribution in [0.15, 0.2) is 114 Å². The first kappa shape index (κ1) is 33.2. The van der Waals surface area contributed by atoms with Crippen molar-refractivity contribution in [1.29, 1.82) is 0 Å². The Morgan fingerprint density at radius 1 is 0.921 bits per heavy atom. The van der Waals surface area contributed by atoms with Crippen LogP contribution in [0.3, 0.4) is 0 Å². The Morgan fingerprint density at radius 2 is 1.53 bits per heavy atom. The molecule has 0 heterocycles. The number of aliphatic hydroxyl groups is 1. The molecule has 0 aliphatic heterocycles. The molecule has 3 rings (SSSR count). The molecule has 0 aliphatic rings. The zero-order valence-corrected chi connectivity index (χ0v) is 25.4. The van der Waals surface area contributed by atoms with Gasteiger partial charge < -0.3 is 5.11 Å². The van der Waals surface area contributed by atoms with E-state index in [0.29, 0.717) is 4.90 Å². The van der Waals surface area contributed by atoms with Crippen LogP contribution in [0.1, 0.15) is 42.0 Å². The largest absolute Gasteiger partial charge is 0.392 e. The van der Waals surface area contributed by atoms with Crippen molar-refractivity contribution in [2.45, 2.75) is 51.9 Å². The summed E-state index contributed by atoms with van der Waals surface area (Å²) in [4.78, 5) is 0.365. The molecule has 0 saturated heterocycles. The van der Waals surface area contributed by atoms with Crippen LogP contribution in [-0.2, 0) is 16.3 Å². The lowest BCUT2D eigenvalue weighted by Crippen LogP contribution is -1.98. The highest BCUT2D eigenvalue weighted by Gasteiger charge is 2.04. The third-order valence-corrected chi connectivity index (χ3v) is 7.41. The molecule has 0 saturated carbocycles. The first-order valence-corrected chi connectivity index (χ1v) is 15.1. The molecule has 5 heteroatoms. The van der Waals surface area contributed by atoms with Crippen LogP contribution >= 0.6 is 9.24 Å². The maximum atomic E-state index is 10.9. The highest BCUT2D eigenvalue weighted by atomic mass is 32.2. The Bertz CT molecular complexity index is 1290. The third-order valence-electron chi connectivity index (χ3n) is 5.90. The van der Waals surface area contributed by atoms with E-state index in [1.807, 2.05) is 12.2 Å². The van der Waals surface area contributed by atoms with Crippen molar-refractivity contribution in [1.82, 2.24) is 0 Å². The summed E-state index contributed by atoms with van der Waals surface area (Å²) >= 11 is 0. The van der Waals surface area contributed by atoms with E-state index in [0.717, 1.165) is 24.6 Å². The summed E-state index contributed by atoms with van der Waals surface area (Å²) < 4.78 is 21.9. The minimum absolute atomic E-state index is 0.111. The third kappa shape index (κ3) is 13.7. The summed E-state index contributed by atoms with van der Waals surface area (Å²) in [7, 11) is -0.531. The van der Waals surface area contributed by atoms with E-state index in [2.05, 4.69) is 92.0 Å². The zero-order chi connectivity index (χ0) is 28.6. The molecular formula is C33H43O3PS. The normalized spacial score (nSPS) is 11.6. The molecule has 38 heavy (non-hydrogen) atoms. The molecular weight excluding hydrogens is 507 g/mol. The summed E-state index contributed by atoms with van der Waals surface area (Å²) in [6, 6.07) is 23.7. The SMILES string of the molecule is C=C/C(CCc1ccccc1C)=C(/C)C/C=C\CO.CS(=O)(=O)c1ccc(P)cc1.Cc1cccc(C)c1. The molecule has 0 aromatic heterocycles. The number of benzene rings is 3. The highest BCUT2D eigenvalue weighted by Crippen LogP contribution is 2.18. The lowest BCUT2D eigenvalue weighted by Gasteiger charge is -2.09. The van der Waals surface area contributed by atoms with E-state index < -0.39 is 9.84 Å². The van der Waals surface area contributed by atoms with Crippen LogP contribution in [0.25, 0.3) is 0 Å². The van der Waals surface area contributed by atoms with Crippen molar-refractivity contribution in [3.05, 3.63) is 131 Å². The Morgan fingerprint density at radius 3 is 2.00 bits per heavy atom. The van der Waals surface area contributed by atoms with Crippen LogP contribution in [0.4, 0.5) is 0 Å². The summed E-state index contributed by atoms with van der Waals surface area (Å²) in [6.45, 7) is 12.5. The van der Waals surface area contributed by atoms with E-state index in [1.165, 1.54) is 39.7 Å². The maximum absolute atomic E-state index is 10.9. The van der Waals surface area contributed by atoms with Gasteiger partial charge >= 0.3 is 0 Å². The zero-order valence-electron chi connectivity index (χ0n) is 23.4. The van der Waals surface area contributed by atoms with Gasteiger partial charge in [-0.05, 0) is 81.1 Å². The van der Waals surface area contributed by atoms with Gasteiger partial charge in [0.2, 0.25) is 0 Å². The van der Waals surface area contributed by atoms with Crippen molar-refractivity contribution >= 4 is 24.4 Å². The van der Waals surface area contributed by atoms with Crippen LogP contribution < -0.4 is 5.30 Å². The Hall–Kier alpha value is -2.78. The standard InChI is InChI=1S/C18H24O.C8H10.C7H9O2PS/c1-4-17(15(2)10-7-8-14-19)12-13-18-11-6-5-9-16(18)3;1-7-4-3-5-8(2)6-7;1-11(8,9)7-4-2-6(10)3-5-7/h4-9,11,19H,1,10,12-14H2,2-3H3;3-6H,1-2H3;2-5H,10H2,1H3/b8-7-,17-15+;;. The Balaban J connectivity index is 0.000000318. The molecule has 0 bridgehead atoms. The average molecular weight is 551 g/mol. The van der Waals surface area contributed by atoms with Gasteiger partial charge in [-0.2, -0.15) is 0 Å². The van der Waals surface area contributed by atoms with E-state index in [-0.39, 0.29) is 6.61 Å². The molecule has 0 spiro atoms. The fourth-order valence-electron chi connectivity index (χ4n) is 3.64. The minimum Gasteiger partial charge on any atom is -0.392 e. The number of rotatable bonds is 8. The second kappa shape index (κ2) is 17.7. The molecule has 1 N–H and O–H groups in total. The summed E-state index contributed by atoms with van der Waals surface area (Å²) in [5, 5.41) is 9.72. The van der Waals surface area contributed by atoms with Gasteiger partial charge in [-0.3, -0.25) is 0 Å². The lowest BCUT2D eigenvalue weighted by molar-refractivity contribution is 0.342. The lowest BCUT2D eigenvalue weighted by atomic mass is 9.97. The number of allylic oxidation sites excluding steroid dienone is 4. The first-order chi connectivity index (χ1) is 18.0. The monoisotopic (exact) mass is 550 g/mol. The van der Waals surface area contributed by atoms with Gasteiger partial charge in [0, 0.05) is 6.26 Å². The van der Waals surface area contributed by atoms with Gasteiger partial charge in [-0.1, -0.05) is 102 Å². The van der Waals surface area contributed by atoms with Crippen LogP contribution in [0.5, 0.6) is 0 Å². The second-order valence-corrected chi connectivity index (χ2v) is 12.0. The smallest absolute Gasteiger partial charge is 0.175 e. The Kier molecular flexibility index (Phi) is 15.5. The molecule has 3 aromatic rings. The van der Waals surface area contributed by atoms with Crippen molar-refractivity contribution in [3.63, 3.8) is 0 Å². The number of aryl methyl sites for hydroxylation is 4. The molecule has 3 nitrogen and oxygen atoms in total. The van der Waals surface area contributed by atoms with Crippen LogP contribution in [0.2, 0.25) is 0 Å². The highest BCUT2D eigenvalue weighted by molar-refractivity contribution is 7.90. The predicted octanol–water partition coefficient (Wildman–Crippen LogP) is 7.26. The summed E-state index contributed by atoms with van der Waals surface area (Å²) in [6.07, 6.45) is 9.90. The molecule has 1 atom stereocenters. The van der Waals surface area contributed by atoms with Gasteiger partial charge in [0.1, 0.15) is 0 Å². The van der Waals surface area contributed by atoms with Crippen LogP contribution in [-0.4, -0.2) is 26.4 Å². The number of sulfone groups is 1. The topological polar surface area (TPSA) is 54.4 Å². The number of hydrogen-bond donors (Lipinski definition) is 1. The quantitative estimate of drug-likeness (QED) is 0.182. The van der Waals surface area contributed by atoms with Crippen molar-refractivity contribution in [3.8, 4) is 0 Å². The fraction of sp³-hybridized carbons (Fsp3) is 0.273. The van der Waals surface area contributed by atoms with Crippen LogP contribution in [0, 0.1) is 20.8 Å². The second-order valence-electron chi connectivity index (χ2n) is 9.29. The van der Waals surface area contributed by atoms with Gasteiger partial charge in [-0.15, -0.1) is 9.24 Å².